The average Bonchev–Trinajstić information content (AvgIpc) is 2.84. The minimum Gasteiger partial charge on any atom is -0.0654 e. The molecule has 1 rings (SSSR count). The van der Waals surface area contributed by atoms with Crippen molar-refractivity contribution in [3.63, 3.8) is 0 Å². The first-order valence-corrected chi connectivity index (χ1v) is 9.10. The summed E-state index contributed by atoms with van der Waals surface area (Å²) in [5, 5.41) is 0. The minimum absolute atomic E-state index is 0.493. The lowest BCUT2D eigenvalue weighted by Crippen LogP contribution is -2.33. The third kappa shape index (κ3) is 3.80. The van der Waals surface area contributed by atoms with Gasteiger partial charge in [0.1, 0.15) is 0 Å². The van der Waals surface area contributed by atoms with Crippen LogP contribution in [0.1, 0.15) is 100 Å². The SMILES string of the molecule is CCCCC(C)C(C)(C)C(CCC)CC1(C)CC1(C)C. The first-order valence-electron chi connectivity index (χ1n) is 9.10. The molecule has 0 aromatic carbocycles. The quantitative estimate of drug-likeness (QED) is 0.423. The second-order valence-corrected chi connectivity index (χ2v) is 9.18. The van der Waals surface area contributed by atoms with Gasteiger partial charge < -0.3 is 0 Å². The molecule has 1 saturated carbocycles. The van der Waals surface area contributed by atoms with Gasteiger partial charge in [0.25, 0.3) is 0 Å². The van der Waals surface area contributed by atoms with Crippen LogP contribution in [0.4, 0.5) is 0 Å². The highest BCUT2D eigenvalue weighted by Crippen LogP contribution is 2.67. The van der Waals surface area contributed by atoms with E-state index in [0.717, 1.165) is 11.8 Å². The molecule has 3 unspecified atom stereocenters. The molecule has 0 radical (unpaired) electrons. The van der Waals surface area contributed by atoms with Crippen LogP contribution in [0.3, 0.4) is 0 Å². The number of rotatable bonds is 9. The van der Waals surface area contributed by atoms with Gasteiger partial charge in [-0.05, 0) is 40.9 Å². The molecular formula is C20H40. The fourth-order valence-electron chi connectivity index (χ4n) is 4.19. The van der Waals surface area contributed by atoms with Crippen molar-refractivity contribution in [2.24, 2.45) is 28.1 Å². The molecule has 1 fully saturated rings. The van der Waals surface area contributed by atoms with E-state index in [9.17, 15) is 0 Å². The zero-order valence-corrected chi connectivity index (χ0v) is 15.6. The van der Waals surface area contributed by atoms with E-state index in [4.69, 9.17) is 0 Å². The molecule has 0 aliphatic heterocycles. The second kappa shape index (κ2) is 6.41. The summed E-state index contributed by atoms with van der Waals surface area (Å²) in [7, 11) is 0. The molecule has 20 heavy (non-hydrogen) atoms. The van der Waals surface area contributed by atoms with Gasteiger partial charge in [0.15, 0.2) is 0 Å². The van der Waals surface area contributed by atoms with Gasteiger partial charge in [0, 0.05) is 0 Å². The standard InChI is InChI=1S/C20H40/c1-9-11-13-16(3)19(6,7)17(12-10-2)14-20(8)15-18(20,4)5/h16-17H,9-15H2,1-8H3. The largest absolute Gasteiger partial charge is 0.0654 e. The second-order valence-electron chi connectivity index (χ2n) is 9.18. The Balaban J connectivity index is 2.73. The van der Waals surface area contributed by atoms with Gasteiger partial charge in [-0.15, -0.1) is 0 Å². The number of unbranched alkanes of at least 4 members (excludes halogenated alkanes) is 1. The summed E-state index contributed by atoms with van der Waals surface area (Å²) in [6.07, 6.45) is 9.76. The van der Waals surface area contributed by atoms with Gasteiger partial charge in [-0.1, -0.05) is 87.5 Å². The van der Waals surface area contributed by atoms with Crippen molar-refractivity contribution >= 4 is 0 Å². The highest BCUT2D eigenvalue weighted by Gasteiger charge is 2.58. The molecule has 0 heteroatoms. The predicted molar refractivity (Wildman–Crippen MR) is 92.0 cm³/mol. The van der Waals surface area contributed by atoms with Crippen LogP contribution in [-0.4, -0.2) is 0 Å². The molecule has 0 nitrogen and oxygen atoms in total. The van der Waals surface area contributed by atoms with Crippen LogP contribution in [0, 0.1) is 28.1 Å². The fraction of sp³-hybridized carbons (Fsp3) is 1.00. The third-order valence-corrected chi connectivity index (χ3v) is 6.99. The molecular weight excluding hydrogens is 240 g/mol. The van der Waals surface area contributed by atoms with E-state index in [1.165, 1.54) is 44.9 Å². The lowest BCUT2D eigenvalue weighted by atomic mass is 9.63. The number of hydrogen-bond acceptors (Lipinski definition) is 0. The molecule has 3 atom stereocenters. The van der Waals surface area contributed by atoms with E-state index >= 15 is 0 Å². The Morgan fingerprint density at radius 1 is 1.00 bits per heavy atom. The molecule has 0 aromatic heterocycles. The summed E-state index contributed by atoms with van der Waals surface area (Å²) in [4.78, 5) is 0. The monoisotopic (exact) mass is 280 g/mol. The van der Waals surface area contributed by atoms with Gasteiger partial charge >= 0.3 is 0 Å². The Morgan fingerprint density at radius 3 is 1.95 bits per heavy atom. The molecule has 0 saturated heterocycles. The summed E-state index contributed by atoms with van der Waals surface area (Å²) in [5.74, 6) is 1.75. The average molecular weight is 281 g/mol. The first-order chi connectivity index (χ1) is 9.10. The van der Waals surface area contributed by atoms with E-state index in [0.29, 0.717) is 16.2 Å². The van der Waals surface area contributed by atoms with Crippen LogP contribution in [0.25, 0.3) is 0 Å². The molecule has 1 aliphatic rings. The topological polar surface area (TPSA) is 0 Å². The summed E-state index contributed by atoms with van der Waals surface area (Å²) in [6.45, 7) is 19.7. The van der Waals surface area contributed by atoms with Crippen LogP contribution >= 0.6 is 0 Å². The Kier molecular flexibility index (Phi) is 5.78. The molecule has 0 bridgehead atoms. The Morgan fingerprint density at radius 2 is 1.55 bits per heavy atom. The Labute approximate surface area is 129 Å². The van der Waals surface area contributed by atoms with Gasteiger partial charge in [-0.2, -0.15) is 0 Å². The van der Waals surface area contributed by atoms with Crippen LogP contribution < -0.4 is 0 Å². The van der Waals surface area contributed by atoms with Crippen LogP contribution in [0.5, 0.6) is 0 Å². The van der Waals surface area contributed by atoms with Crippen LogP contribution in [-0.2, 0) is 0 Å². The molecule has 0 amide bonds. The highest BCUT2D eigenvalue weighted by atomic mass is 14.6. The van der Waals surface area contributed by atoms with Crippen LogP contribution in [0.15, 0.2) is 0 Å². The normalized spacial score (nSPS) is 28.2. The zero-order chi connectivity index (χ0) is 15.6. The van der Waals surface area contributed by atoms with Crippen molar-refractivity contribution in [1.29, 1.82) is 0 Å². The van der Waals surface area contributed by atoms with E-state index < -0.39 is 0 Å². The molecule has 0 aromatic rings. The van der Waals surface area contributed by atoms with Gasteiger partial charge in [-0.3, -0.25) is 0 Å². The third-order valence-electron chi connectivity index (χ3n) is 6.99. The Hall–Kier alpha value is 0. The minimum atomic E-state index is 0.493. The predicted octanol–water partition coefficient (Wildman–Crippen LogP) is 7.08. The summed E-state index contributed by atoms with van der Waals surface area (Å²) in [6, 6.07) is 0. The lowest BCUT2D eigenvalue weighted by molar-refractivity contribution is 0.0797. The van der Waals surface area contributed by atoms with Gasteiger partial charge in [0.05, 0.1) is 0 Å². The van der Waals surface area contributed by atoms with E-state index in [1.54, 1.807) is 0 Å². The molecule has 0 N–H and O–H groups in total. The maximum absolute atomic E-state index is 2.55. The Bertz CT molecular complexity index is 299. The molecule has 0 spiro atoms. The molecule has 1 aliphatic carbocycles. The molecule has 120 valence electrons. The van der Waals surface area contributed by atoms with E-state index in [-0.39, 0.29) is 0 Å². The van der Waals surface area contributed by atoms with Crippen molar-refractivity contribution in [2.45, 2.75) is 100 Å². The van der Waals surface area contributed by atoms with Crippen LogP contribution in [0.2, 0.25) is 0 Å². The van der Waals surface area contributed by atoms with Gasteiger partial charge in [0.2, 0.25) is 0 Å². The van der Waals surface area contributed by atoms with Crippen molar-refractivity contribution < 1.29 is 0 Å². The fourth-order valence-corrected chi connectivity index (χ4v) is 4.19. The summed E-state index contributed by atoms with van der Waals surface area (Å²) >= 11 is 0. The van der Waals surface area contributed by atoms with E-state index in [1.807, 2.05) is 0 Å². The lowest BCUT2D eigenvalue weighted by Gasteiger charge is -2.42. The van der Waals surface area contributed by atoms with Crippen molar-refractivity contribution in [3.8, 4) is 0 Å². The summed E-state index contributed by atoms with van der Waals surface area (Å²) < 4.78 is 0. The van der Waals surface area contributed by atoms with E-state index in [2.05, 4.69) is 55.4 Å². The smallest absolute Gasteiger partial charge is 0.0266 e. The van der Waals surface area contributed by atoms with Crippen molar-refractivity contribution in [3.05, 3.63) is 0 Å². The number of hydrogen-bond donors (Lipinski definition) is 0. The summed E-state index contributed by atoms with van der Waals surface area (Å²) in [5.41, 5.74) is 1.68. The van der Waals surface area contributed by atoms with Crippen molar-refractivity contribution in [1.82, 2.24) is 0 Å². The van der Waals surface area contributed by atoms with Crippen molar-refractivity contribution in [2.75, 3.05) is 0 Å². The highest BCUT2D eigenvalue weighted by molar-refractivity contribution is 5.08. The first kappa shape index (κ1) is 18.1. The maximum Gasteiger partial charge on any atom is -0.0266 e. The maximum atomic E-state index is 2.55. The molecule has 0 heterocycles. The van der Waals surface area contributed by atoms with Gasteiger partial charge in [-0.25, -0.2) is 0 Å². The zero-order valence-electron chi connectivity index (χ0n) is 15.6.